The van der Waals surface area contributed by atoms with Crippen molar-refractivity contribution in [3.63, 3.8) is 0 Å². The first-order chi connectivity index (χ1) is 10.1. The van der Waals surface area contributed by atoms with Gasteiger partial charge >= 0.3 is 0 Å². The minimum absolute atomic E-state index is 0.294. The summed E-state index contributed by atoms with van der Waals surface area (Å²) in [5.74, 6) is 0.710. The van der Waals surface area contributed by atoms with Crippen molar-refractivity contribution in [3.05, 3.63) is 48.5 Å². The first kappa shape index (κ1) is 14.2. The van der Waals surface area contributed by atoms with Gasteiger partial charge in [0.1, 0.15) is 5.75 Å². The number of hydrogen-bond donors (Lipinski definition) is 0. The fraction of sp³-hybridized carbons (Fsp3) is 0.0714. The zero-order valence-electron chi connectivity index (χ0n) is 11.0. The third kappa shape index (κ3) is 2.99. The maximum absolute atomic E-state index is 12.5. The molecular weight excluding hydrogens is 326 g/mol. The molecule has 0 aliphatic carbocycles. The number of hydrogen-bond acceptors (Lipinski definition) is 6. The minimum Gasteiger partial charge on any atom is -0.497 e. The van der Waals surface area contributed by atoms with E-state index in [4.69, 9.17) is 20.1 Å². The largest absolute Gasteiger partial charge is 0.497 e. The Hall–Kier alpha value is -1.70. The van der Waals surface area contributed by atoms with Crippen LogP contribution in [-0.4, -0.2) is 16.3 Å². The molecule has 0 N–H and O–H groups in total. The average molecular weight is 337 g/mol. The average Bonchev–Trinajstić information content (AvgIpc) is 2.88. The topological polar surface area (TPSA) is 48.4 Å². The van der Waals surface area contributed by atoms with Gasteiger partial charge in [-0.15, -0.1) is 0 Å². The van der Waals surface area contributed by atoms with Crippen LogP contribution in [-0.2, 0) is 20.0 Å². The number of rotatable bonds is 4. The molecule has 1 aromatic heterocycles. The molecule has 21 heavy (non-hydrogen) atoms. The van der Waals surface area contributed by atoms with Gasteiger partial charge < -0.3 is 8.92 Å². The van der Waals surface area contributed by atoms with Crippen LogP contribution in [0, 0.1) is 0 Å². The van der Waals surface area contributed by atoms with E-state index in [1.165, 1.54) is 11.3 Å². The number of ether oxygens (including phenoxy) is 1. The summed E-state index contributed by atoms with van der Waals surface area (Å²) in [5, 5.41) is 0.294. The molecule has 1 atom stereocenters. The zero-order valence-corrected chi connectivity index (χ0v) is 13.5. The van der Waals surface area contributed by atoms with Gasteiger partial charge in [-0.2, -0.15) is 0 Å². The lowest BCUT2D eigenvalue weighted by Gasteiger charge is -2.05. The highest BCUT2D eigenvalue weighted by Gasteiger charge is 2.15. The normalized spacial score (nSPS) is 13.8. The number of aromatic nitrogens is 1. The third-order valence-electron chi connectivity index (χ3n) is 2.79. The molecule has 7 heteroatoms. The van der Waals surface area contributed by atoms with Crippen LogP contribution in [0.1, 0.15) is 0 Å². The molecule has 0 aliphatic heterocycles. The molecule has 1 unspecified atom stereocenters. The van der Waals surface area contributed by atoms with Gasteiger partial charge in [-0.1, -0.05) is 29.5 Å². The molecule has 0 bridgehead atoms. The van der Waals surface area contributed by atoms with Gasteiger partial charge in [0.05, 0.1) is 22.2 Å². The fourth-order valence-corrected chi connectivity index (χ4v) is 4.35. The summed E-state index contributed by atoms with van der Waals surface area (Å²) in [7, 11) is -1.43. The SMILES string of the molecule is COc1ccc2sc(OS(=O)(=S)c3ccccc3)nc2c1. The molecular formula is C14H11NO3S3. The first-order valence-electron chi connectivity index (χ1n) is 6.02. The van der Waals surface area contributed by atoms with E-state index in [0.717, 1.165) is 10.2 Å². The van der Waals surface area contributed by atoms with Crippen molar-refractivity contribution in [2.45, 2.75) is 4.90 Å². The first-order valence-corrected chi connectivity index (χ1v) is 9.25. The van der Waals surface area contributed by atoms with Gasteiger partial charge in [0.2, 0.25) is 8.77 Å². The van der Waals surface area contributed by atoms with Gasteiger partial charge in [0.25, 0.3) is 5.19 Å². The number of benzene rings is 2. The van der Waals surface area contributed by atoms with Crippen LogP contribution in [0.2, 0.25) is 0 Å². The Labute approximate surface area is 131 Å². The van der Waals surface area contributed by atoms with Crippen LogP contribution in [0.25, 0.3) is 10.2 Å². The van der Waals surface area contributed by atoms with Gasteiger partial charge in [0.15, 0.2) is 0 Å². The van der Waals surface area contributed by atoms with Crippen LogP contribution in [0.3, 0.4) is 0 Å². The summed E-state index contributed by atoms with van der Waals surface area (Å²) >= 11 is 6.40. The fourth-order valence-electron chi connectivity index (χ4n) is 1.78. The van der Waals surface area contributed by atoms with Crippen molar-refractivity contribution in [3.8, 4) is 10.9 Å². The molecule has 3 rings (SSSR count). The van der Waals surface area contributed by atoms with E-state index in [1.54, 1.807) is 37.4 Å². The van der Waals surface area contributed by atoms with Crippen LogP contribution in [0.5, 0.6) is 10.9 Å². The maximum Gasteiger partial charge on any atom is 0.290 e. The molecule has 0 saturated carbocycles. The zero-order chi connectivity index (χ0) is 14.9. The summed E-state index contributed by atoms with van der Waals surface area (Å²) in [6, 6.07) is 14.3. The molecule has 0 saturated heterocycles. The Bertz CT molecular complexity index is 873. The van der Waals surface area contributed by atoms with Gasteiger partial charge in [-0.25, -0.2) is 9.19 Å². The van der Waals surface area contributed by atoms with Crippen molar-refractivity contribution < 1.29 is 13.1 Å². The monoisotopic (exact) mass is 337 g/mol. The lowest BCUT2D eigenvalue weighted by atomic mass is 10.3. The van der Waals surface area contributed by atoms with E-state index < -0.39 is 8.77 Å². The smallest absolute Gasteiger partial charge is 0.290 e. The second-order valence-electron chi connectivity index (χ2n) is 4.16. The number of thiazole rings is 1. The molecule has 0 fully saturated rings. The summed E-state index contributed by atoms with van der Waals surface area (Å²) in [6.45, 7) is 0. The highest BCUT2D eigenvalue weighted by Crippen LogP contribution is 2.32. The van der Waals surface area contributed by atoms with Crippen molar-refractivity contribution in [1.82, 2.24) is 4.98 Å². The van der Waals surface area contributed by atoms with E-state index in [2.05, 4.69) is 4.98 Å². The van der Waals surface area contributed by atoms with Crippen LogP contribution < -0.4 is 8.92 Å². The maximum atomic E-state index is 12.5. The van der Waals surface area contributed by atoms with Crippen LogP contribution in [0.4, 0.5) is 0 Å². The van der Waals surface area contributed by atoms with E-state index in [1.807, 2.05) is 18.2 Å². The third-order valence-corrected chi connectivity index (χ3v) is 5.82. The molecule has 4 nitrogen and oxygen atoms in total. The summed E-state index contributed by atoms with van der Waals surface area (Å²) in [4.78, 5) is 4.77. The van der Waals surface area contributed by atoms with Crippen LogP contribution >= 0.6 is 11.3 Å². The number of methoxy groups -OCH3 is 1. The molecule has 0 amide bonds. The summed E-state index contributed by atoms with van der Waals surface area (Å²) in [6.07, 6.45) is 0. The van der Waals surface area contributed by atoms with E-state index >= 15 is 0 Å². The highest BCUT2D eigenvalue weighted by molar-refractivity contribution is 8.30. The van der Waals surface area contributed by atoms with Crippen molar-refractivity contribution in [2.24, 2.45) is 0 Å². The molecule has 0 radical (unpaired) electrons. The molecule has 0 spiro atoms. The van der Waals surface area contributed by atoms with Crippen molar-refractivity contribution >= 4 is 41.5 Å². The Morgan fingerprint density at radius 2 is 1.95 bits per heavy atom. The lowest BCUT2D eigenvalue weighted by Crippen LogP contribution is -2.07. The Kier molecular flexibility index (Phi) is 3.79. The highest BCUT2D eigenvalue weighted by atomic mass is 32.8. The van der Waals surface area contributed by atoms with E-state index in [-0.39, 0.29) is 0 Å². The van der Waals surface area contributed by atoms with Gasteiger partial charge in [-0.3, -0.25) is 0 Å². The van der Waals surface area contributed by atoms with Crippen molar-refractivity contribution in [1.29, 1.82) is 0 Å². The molecule has 3 aromatic rings. The minimum atomic E-state index is -3.03. The number of nitrogens with zero attached hydrogens (tertiary/aromatic N) is 1. The molecule has 1 heterocycles. The standard InChI is InChI=1S/C14H11NO3S3/c1-17-10-7-8-13-12(9-10)15-14(20-13)18-21(16,19)11-5-3-2-4-6-11/h2-9H,1H3. The Morgan fingerprint density at radius 1 is 1.19 bits per heavy atom. The van der Waals surface area contributed by atoms with Crippen LogP contribution in [0.15, 0.2) is 53.4 Å². The second-order valence-corrected chi connectivity index (χ2v) is 8.02. The summed E-state index contributed by atoms with van der Waals surface area (Å²) < 4.78 is 24.0. The summed E-state index contributed by atoms with van der Waals surface area (Å²) in [5.41, 5.74) is 0.729. The van der Waals surface area contributed by atoms with E-state index in [9.17, 15) is 4.21 Å². The molecule has 0 aliphatic rings. The lowest BCUT2D eigenvalue weighted by molar-refractivity contribution is 0.415. The van der Waals surface area contributed by atoms with Gasteiger partial charge in [0, 0.05) is 17.3 Å². The molecule has 108 valence electrons. The van der Waals surface area contributed by atoms with Crippen molar-refractivity contribution in [2.75, 3.05) is 7.11 Å². The Balaban J connectivity index is 1.95. The predicted octanol–water partition coefficient (Wildman–Crippen LogP) is 3.40. The van der Waals surface area contributed by atoms with E-state index in [0.29, 0.717) is 15.8 Å². The van der Waals surface area contributed by atoms with Gasteiger partial charge in [-0.05, 0) is 24.3 Å². The second kappa shape index (κ2) is 5.59. The number of fused-ring (bicyclic) bond motifs is 1. The predicted molar refractivity (Wildman–Crippen MR) is 87.0 cm³/mol. The Morgan fingerprint density at radius 3 is 2.67 bits per heavy atom. The quantitative estimate of drug-likeness (QED) is 0.730. The molecule has 2 aromatic carbocycles.